The van der Waals surface area contributed by atoms with E-state index >= 15 is 0 Å². The minimum Gasteiger partial charge on any atom is -0.465 e. The first-order chi connectivity index (χ1) is 9.60. The van der Waals surface area contributed by atoms with Gasteiger partial charge in [-0.2, -0.15) is 0 Å². The summed E-state index contributed by atoms with van der Waals surface area (Å²) >= 11 is 0. The Labute approximate surface area is 123 Å². The van der Waals surface area contributed by atoms with Gasteiger partial charge in [-0.1, -0.05) is 6.42 Å². The van der Waals surface area contributed by atoms with E-state index in [1.807, 2.05) is 14.0 Å². The lowest BCUT2D eigenvalue weighted by atomic mass is 9.84. The van der Waals surface area contributed by atoms with Crippen LogP contribution in [0.4, 0.5) is 0 Å². The maximum absolute atomic E-state index is 12.3. The molecule has 1 aliphatic rings. The molecule has 20 heavy (non-hydrogen) atoms. The van der Waals surface area contributed by atoms with E-state index in [0.717, 1.165) is 45.4 Å². The second-order valence-electron chi connectivity index (χ2n) is 5.62. The van der Waals surface area contributed by atoms with Crippen LogP contribution in [-0.2, 0) is 14.3 Å². The van der Waals surface area contributed by atoms with Crippen molar-refractivity contribution in [2.24, 2.45) is 5.92 Å². The number of carbonyl (C=O) groups is 1. The van der Waals surface area contributed by atoms with Crippen molar-refractivity contribution in [1.29, 1.82) is 0 Å². The number of rotatable bonds is 9. The molecule has 1 saturated carbocycles. The van der Waals surface area contributed by atoms with Gasteiger partial charge < -0.3 is 19.7 Å². The van der Waals surface area contributed by atoms with Crippen LogP contribution in [0.25, 0.3) is 0 Å². The van der Waals surface area contributed by atoms with E-state index < -0.39 is 5.54 Å². The lowest BCUT2D eigenvalue weighted by Gasteiger charge is -2.33. The molecule has 0 heterocycles. The zero-order valence-corrected chi connectivity index (χ0v) is 13.4. The van der Waals surface area contributed by atoms with E-state index in [1.165, 1.54) is 0 Å². The minimum absolute atomic E-state index is 0.0791. The summed E-state index contributed by atoms with van der Waals surface area (Å²) in [5, 5.41) is 3.26. The molecule has 0 aliphatic heterocycles. The van der Waals surface area contributed by atoms with Gasteiger partial charge >= 0.3 is 5.97 Å². The van der Waals surface area contributed by atoms with Crippen LogP contribution in [0.3, 0.4) is 0 Å². The number of nitrogens with zero attached hydrogens (tertiary/aromatic N) is 1. The number of esters is 1. The fourth-order valence-corrected chi connectivity index (χ4v) is 3.16. The quantitative estimate of drug-likeness (QED) is 0.647. The third-order valence-corrected chi connectivity index (χ3v) is 4.44. The highest BCUT2D eigenvalue weighted by molar-refractivity contribution is 5.81. The first-order valence-electron chi connectivity index (χ1n) is 7.64. The summed E-state index contributed by atoms with van der Waals surface area (Å²) in [6, 6.07) is 0. The second kappa shape index (κ2) is 8.60. The van der Waals surface area contributed by atoms with Crippen LogP contribution in [0, 0.1) is 5.92 Å². The summed E-state index contributed by atoms with van der Waals surface area (Å²) in [5.74, 6) is 0.279. The topological polar surface area (TPSA) is 50.8 Å². The summed E-state index contributed by atoms with van der Waals surface area (Å²) in [5.41, 5.74) is -0.474. The summed E-state index contributed by atoms with van der Waals surface area (Å²) in [7, 11) is 5.70. The zero-order chi connectivity index (χ0) is 15.0. The van der Waals surface area contributed by atoms with Crippen molar-refractivity contribution in [2.75, 3.05) is 47.5 Å². The number of likely N-dealkylation sites (N-methyl/N-ethyl adjacent to an activating group) is 2. The highest BCUT2D eigenvalue weighted by Crippen LogP contribution is 2.38. The zero-order valence-electron chi connectivity index (χ0n) is 13.4. The fraction of sp³-hybridized carbons (Fsp3) is 0.933. The van der Waals surface area contributed by atoms with Gasteiger partial charge in [0, 0.05) is 13.7 Å². The van der Waals surface area contributed by atoms with Gasteiger partial charge in [-0.3, -0.25) is 4.79 Å². The molecule has 5 nitrogen and oxygen atoms in total. The highest BCUT2D eigenvalue weighted by atomic mass is 16.5. The van der Waals surface area contributed by atoms with Gasteiger partial charge in [-0.15, -0.1) is 0 Å². The highest BCUT2D eigenvalue weighted by Gasteiger charge is 2.48. The Bertz CT molecular complexity index is 299. The minimum atomic E-state index is -0.474. The van der Waals surface area contributed by atoms with Crippen molar-refractivity contribution in [1.82, 2.24) is 10.2 Å². The molecule has 0 saturated heterocycles. The number of ether oxygens (including phenoxy) is 2. The predicted octanol–water partition coefficient (Wildman–Crippen LogP) is 1.28. The maximum Gasteiger partial charge on any atom is 0.326 e. The lowest BCUT2D eigenvalue weighted by Crippen LogP contribution is -2.54. The largest absolute Gasteiger partial charge is 0.465 e. The molecule has 0 aromatic rings. The lowest BCUT2D eigenvalue weighted by molar-refractivity contribution is -0.153. The third kappa shape index (κ3) is 4.17. The second-order valence-corrected chi connectivity index (χ2v) is 5.62. The van der Waals surface area contributed by atoms with Crippen LogP contribution in [0.15, 0.2) is 0 Å². The summed E-state index contributed by atoms with van der Waals surface area (Å²) in [6.07, 6.45) is 4.08. The molecular formula is C15H30N2O3. The molecule has 5 heteroatoms. The molecule has 0 radical (unpaired) electrons. The van der Waals surface area contributed by atoms with E-state index in [2.05, 4.69) is 17.3 Å². The van der Waals surface area contributed by atoms with Gasteiger partial charge in [-0.25, -0.2) is 0 Å². The number of hydrogen-bond donors (Lipinski definition) is 1. The molecule has 2 atom stereocenters. The molecule has 118 valence electrons. The Morgan fingerprint density at radius 3 is 2.80 bits per heavy atom. The first kappa shape index (κ1) is 17.4. The number of methoxy groups -OCH3 is 1. The molecule has 1 aliphatic carbocycles. The standard InChI is InChI=1S/C15H30N2O3/c1-5-20-14(18)15(16-2)9-6-7-13(15)8-10-17(3)11-12-19-4/h13,16H,5-12H2,1-4H3. The van der Waals surface area contributed by atoms with Crippen molar-refractivity contribution in [2.45, 2.75) is 38.1 Å². The summed E-state index contributed by atoms with van der Waals surface area (Å²) in [6.45, 7) is 4.97. The van der Waals surface area contributed by atoms with Crippen molar-refractivity contribution in [3.05, 3.63) is 0 Å². The summed E-state index contributed by atoms with van der Waals surface area (Å²) in [4.78, 5) is 14.6. The van der Waals surface area contributed by atoms with E-state index in [0.29, 0.717) is 12.5 Å². The van der Waals surface area contributed by atoms with Crippen LogP contribution in [0.5, 0.6) is 0 Å². The normalized spacial score (nSPS) is 26.1. The van der Waals surface area contributed by atoms with E-state index in [1.54, 1.807) is 7.11 Å². The molecule has 0 aromatic heterocycles. The first-order valence-corrected chi connectivity index (χ1v) is 7.64. The Morgan fingerprint density at radius 2 is 2.20 bits per heavy atom. The van der Waals surface area contributed by atoms with Crippen molar-refractivity contribution < 1.29 is 14.3 Å². The van der Waals surface area contributed by atoms with Crippen molar-refractivity contribution in [3.8, 4) is 0 Å². The molecule has 0 spiro atoms. The SMILES string of the molecule is CCOC(=O)C1(NC)CCCC1CCN(C)CCOC. The molecule has 0 aromatic carbocycles. The van der Waals surface area contributed by atoms with Crippen LogP contribution >= 0.6 is 0 Å². The number of nitrogens with one attached hydrogen (secondary N) is 1. The van der Waals surface area contributed by atoms with Gasteiger partial charge in [0.05, 0.1) is 13.2 Å². The van der Waals surface area contributed by atoms with E-state index in [-0.39, 0.29) is 5.97 Å². The van der Waals surface area contributed by atoms with Gasteiger partial charge in [0.15, 0.2) is 0 Å². The molecule has 0 amide bonds. The molecule has 1 N–H and O–H groups in total. The van der Waals surface area contributed by atoms with Gasteiger partial charge in [0.2, 0.25) is 0 Å². The van der Waals surface area contributed by atoms with Crippen molar-refractivity contribution >= 4 is 5.97 Å². The third-order valence-electron chi connectivity index (χ3n) is 4.44. The number of hydrogen-bond acceptors (Lipinski definition) is 5. The van der Waals surface area contributed by atoms with Crippen LogP contribution < -0.4 is 5.32 Å². The molecule has 0 bridgehead atoms. The Morgan fingerprint density at radius 1 is 1.45 bits per heavy atom. The monoisotopic (exact) mass is 286 g/mol. The van der Waals surface area contributed by atoms with Gasteiger partial charge in [0.1, 0.15) is 5.54 Å². The Kier molecular flexibility index (Phi) is 7.48. The van der Waals surface area contributed by atoms with Crippen molar-refractivity contribution in [3.63, 3.8) is 0 Å². The average molecular weight is 286 g/mol. The molecule has 2 unspecified atom stereocenters. The Hall–Kier alpha value is -0.650. The molecule has 1 fully saturated rings. The van der Waals surface area contributed by atoms with E-state index in [4.69, 9.17) is 9.47 Å². The number of carbonyl (C=O) groups excluding carboxylic acids is 1. The van der Waals surface area contributed by atoms with Crippen LogP contribution in [0.1, 0.15) is 32.6 Å². The average Bonchev–Trinajstić information content (AvgIpc) is 2.87. The van der Waals surface area contributed by atoms with Gasteiger partial charge in [0.25, 0.3) is 0 Å². The summed E-state index contributed by atoms with van der Waals surface area (Å²) < 4.78 is 10.4. The Balaban J connectivity index is 2.56. The van der Waals surface area contributed by atoms with Crippen LogP contribution in [-0.4, -0.2) is 63.9 Å². The molecular weight excluding hydrogens is 256 g/mol. The maximum atomic E-state index is 12.3. The predicted molar refractivity (Wildman–Crippen MR) is 79.8 cm³/mol. The van der Waals surface area contributed by atoms with E-state index in [9.17, 15) is 4.79 Å². The fourth-order valence-electron chi connectivity index (χ4n) is 3.16. The molecule has 1 rings (SSSR count). The van der Waals surface area contributed by atoms with Crippen LogP contribution in [0.2, 0.25) is 0 Å². The smallest absolute Gasteiger partial charge is 0.326 e. The van der Waals surface area contributed by atoms with Gasteiger partial charge in [-0.05, 0) is 52.7 Å².